The maximum Gasteiger partial charge on any atom is 0.133 e. The van der Waals surface area contributed by atoms with E-state index in [2.05, 4.69) is 25.2 Å². The van der Waals surface area contributed by atoms with Crippen LogP contribution in [0.5, 0.6) is 0 Å². The highest BCUT2D eigenvalue weighted by Crippen LogP contribution is 2.35. The third-order valence-electron chi connectivity index (χ3n) is 3.42. The summed E-state index contributed by atoms with van der Waals surface area (Å²) in [6.07, 6.45) is 11.9. The molecule has 1 nitrogen and oxygen atoms in total. The van der Waals surface area contributed by atoms with Gasteiger partial charge < -0.3 is 0 Å². The van der Waals surface area contributed by atoms with Crippen LogP contribution in [0.25, 0.3) is 0 Å². The van der Waals surface area contributed by atoms with Gasteiger partial charge in [-0.15, -0.1) is 0 Å². The first kappa shape index (κ1) is 9.70. The normalized spacial score (nSPS) is 32.9. The molecule has 0 saturated heterocycles. The highest BCUT2D eigenvalue weighted by atomic mass is 16.1. The summed E-state index contributed by atoms with van der Waals surface area (Å²) in [5.74, 6) is 1.64. The van der Waals surface area contributed by atoms with Gasteiger partial charge in [-0.2, -0.15) is 0 Å². The fraction of sp³-hybridized carbons (Fsp3) is 0.615. The van der Waals surface area contributed by atoms with Crippen LogP contribution in [0.3, 0.4) is 0 Å². The van der Waals surface area contributed by atoms with Crippen LogP contribution < -0.4 is 0 Å². The Morgan fingerprint density at radius 1 is 1.36 bits per heavy atom. The molecule has 0 heterocycles. The van der Waals surface area contributed by atoms with Crippen LogP contribution in [0.1, 0.15) is 39.0 Å². The van der Waals surface area contributed by atoms with Gasteiger partial charge >= 0.3 is 0 Å². The number of rotatable bonds is 1. The SMILES string of the molecule is CC1CC(=O)CCC1C1=CCCC=C1. The lowest BCUT2D eigenvalue weighted by molar-refractivity contribution is -0.122. The number of hydrogen-bond donors (Lipinski definition) is 0. The minimum Gasteiger partial charge on any atom is -0.300 e. The Labute approximate surface area is 85.9 Å². The van der Waals surface area contributed by atoms with Crippen molar-refractivity contribution in [2.24, 2.45) is 11.8 Å². The third kappa shape index (κ3) is 1.97. The van der Waals surface area contributed by atoms with Crippen molar-refractivity contribution in [1.82, 2.24) is 0 Å². The molecule has 2 rings (SSSR count). The van der Waals surface area contributed by atoms with Gasteiger partial charge in [0, 0.05) is 12.8 Å². The van der Waals surface area contributed by atoms with Crippen LogP contribution >= 0.6 is 0 Å². The summed E-state index contributed by atoms with van der Waals surface area (Å²) in [5.41, 5.74) is 1.48. The van der Waals surface area contributed by atoms with E-state index in [0.29, 0.717) is 17.6 Å². The highest BCUT2D eigenvalue weighted by molar-refractivity contribution is 5.79. The van der Waals surface area contributed by atoms with Gasteiger partial charge in [-0.25, -0.2) is 0 Å². The van der Waals surface area contributed by atoms with Crippen molar-refractivity contribution >= 4 is 5.78 Å². The first-order valence-electron chi connectivity index (χ1n) is 5.65. The summed E-state index contributed by atoms with van der Waals surface area (Å²) < 4.78 is 0. The van der Waals surface area contributed by atoms with Gasteiger partial charge in [-0.1, -0.05) is 25.2 Å². The van der Waals surface area contributed by atoms with E-state index in [9.17, 15) is 4.79 Å². The molecule has 2 aliphatic rings. The summed E-state index contributed by atoms with van der Waals surface area (Å²) in [4.78, 5) is 11.3. The van der Waals surface area contributed by atoms with Gasteiger partial charge in [0.15, 0.2) is 0 Å². The van der Waals surface area contributed by atoms with Crippen molar-refractivity contribution in [1.29, 1.82) is 0 Å². The van der Waals surface area contributed by atoms with Crippen LogP contribution in [0.4, 0.5) is 0 Å². The molecule has 0 spiro atoms. The number of ketones is 1. The van der Waals surface area contributed by atoms with Crippen molar-refractivity contribution in [2.75, 3.05) is 0 Å². The monoisotopic (exact) mass is 190 g/mol. The smallest absolute Gasteiger partial charge is 0.133 e. The molecule has 1 saturated carbocycles. The maximum atomic E-state index is 11.3. The molecule has 0 amide bonds. The number of Topliss-reactive ketones (excluding diaryl/α,β-unsaturated/α-hetero) is 1. The van der Waals surface area contributed by atoms with E-state index in [4.69, 9.17) is 0 Å². The van der Waals surface area contributed by atoms with Gasteiger partial charge in [-0.3, -0.25) is 4.79 Å². The topological polar surface area (TPSA) is 17.1 Å². The fourth-order valence-electron chi connectivity index (χ4n) is 2.61. The fourth-order valence-corrected chi connectivity index (χ4v) is 2.61. The van der Waals surface area contributed by atoms with E-state index in [1.165, 1.54) is 18.4 Å². The highest BCUT2D eigenvalue weighted by Gasteiger charge is 2.27. The third-order valence-corrected chi connectivity index (χ3v) is 3.42. The first-order chi connectivity index (χ1) is 6.77. The Hall–Kier alpha value is -0.850. The predicted octanol–water partition coefficient (Wildman–Crippen LogP) is 3.27. The Morgan fingerprint density at radius 2 is 2.21 bits per heavy atom. The van der Waals surface area contributed by atoms with E-state index in [1.54, 1.807) is 0 Å². The van der Waals surface area contributed by atoms with E-state index in [0.717, 1.165) is 19.3 Å². The molecule has 14 heavy (non-hydrogen) atoms. The number of carbonyl (C=O) groups excluding carboxylic acids is 1. The zero-order chi connectivity index (χ0) is 9.97. The Kier molecular flexibility index (Phi) is 2.85. The van der Waals surface area contributed by atoms with E-state index in [1.807, 2.05) is 0 Å². The van der Waals surface area contributed by atoms with Crippen molar-refractivity contribution in [3.05, 3.63) is 23.8 Å². The summed E-state index contributed by atoms with van der Waals surface area (Å²) in [6.45, 7) is 2.21. The average Bonchev–Trinajstić information content (AvgIpc) is 2.19. The van der Waals surface area contributed by atoms with Crippen LogP contribution in [-0.4, -0.2) is 5.78 Å². The van der Waals surface area contributed by atoms with Crippen molar-refractivity contribution < 1.29 is 4.79 Å². The number of hydrogen-bond acceptors (Lipinski definition) is 1. The van der Waals surface area contributed by atoms with E-state index >= 15 is 0 Å². The number of allylic oxidation sites excluding steroid dienone is 4. The van der Waals surface area contributed by atoms with Gasteiger partial charge in [-0.05, 0) is 36.7 Å². The molecule has 0 aromatic carbocycles. The Bertz CT molecular complexity index is 286. The summed E-state index contributed by atoms with van der Waals surface area (Å²) >= 11 is 0. The molecule has 0 aromatic heterocycles. The van der Waals surface area contributed by atoms with E-state index < -0.39 is 0 Å². The second-order valence-electron chi connectivity index (χ2n) is 4.55. The minimum atomic E-state index is 0.453. The molecule has 0 bridgehead atoms. The van der Waals surface area contributed by atoms with Crippen molar-refractivity contribution in [3.8, 4) is 0 Å². The molecule has 0 radical (unpaired) electrons. The average molecular weight is 190 g/mol. The molecule has 0 N–H and O–H groups in total. The molecule has 0 aliphatic heterocycles. The first-order valence-corrected chi connectivity index (χ1v) is 5.65. The molecular weight excluding hydrogens is 172 g/mol. The lowest BCUT2D eigenvalue weighted by Crippen LogP contribution is -2.24. The minimum absolute atomic E-state index is 0.453. The second-order valence-corrected chi connectivity index (χ2v) is 4.55. The molecule has 1 heteroatoms. The Balaban J connectivity index is 2.07. The lowest BCUT2D eigenvalue weighted by Gasteiger charge is -2.29. The van der Waals surface area contributed by atoms with Gasteiger partial charge in [0.05, 0.1) is 0 Å². The zero-order valence-electron chi connectivity index (χ0n) is 8.83. The molecule has 2 unspecified atom stereocenters. The van der Waals surface area contributed by atoms with E-state index in [-0.39, 0.29) is 0 Å². The summed E-state index contributed by atoms with van der Waals surface area (Å²) in [7, 11) is 0. The molecule has 76 valence electrons. The van der Waals surface area contributed by atoms with Crippen molar-refractivity contribution in [2.45, 2.75) is 39.0 Å². The molecule has 2 atom stereocenters. The Morgan fingerprint density at radius 3 is 2.86 bits per heavy atom. The summed E-state index contributed by atoms with van der Waals surface area (Å²) in [6, 6.07) is 0. The standard InChI is InChI=1S/C13H18O/c1-10-9-12(14)7-8-13(10)11-5-3-2-4-6-11/h3,5-6,10,13H,2,4,7-9H2,1H3. The summed E-state index contributed by atoms with van der Waals surface area (Å²) in [5, 5.41) is 0. The zero-order valence-corrected chi connectivity index (χ0v) is 8.83. The van der Waals surface area contributed by atoms with Crippen LogP contribution in [0.15, 0.2) is 23.8 Å². The van der Waals surface area contributed by atoms with Crippen LogP contribution in [0.2, 0.25) is 0 Å². The van der Waals surface area contributed by atoms with Crippen LogP contribution in [0, 0.1) is 11.8 Å². The van der Waals surface area contributed by atoms with Crippen LogP contribution in [-0.2, 0) is 4.79 Å². The lowest BCUT2D eigenvalue weighted by atomic mass is 9.74. The van der Waals surface area contributed by atoms with Gasteiger partial charge in [0.25, 0.3) is 0 Å². The maximum absolute atomic E-state index is 11.3. The van der Waals surface area contributed by atoms with Gasteiger partial charge in [0.2, 0.25) is 0 Å². The molecule has 2 aliphatic carbocycles. The predicted molar refractivity (Wildman–Crippen MR) is 58.0 cm³/mol. The van der Waals surface area contributed by atoms with Crippen molar-refractivity contribution in [3.63, 3.8) is 0 Å². The molecular formula is C13H18O. The second kappa shape index (κ2) is 4.12. The van der Waals surface area contributed by atoms with Gasteiger partial charge in [0.1, 0.15) is 5.78 Å². The quantitative estimate of drug-likeness (QED) is 0.620. The largest absolute Gasteiger partial charge is 0.300 e. The molecule has 0 aromatic rings. The molecule has 1 fully saturated rings. The number of carbonyl (C=O) groups is 1.